The first-order chi connectivity index (χ1) is 7.54. The molecule has 0 aliphatic heterocycles. The van der Waals surface area contributed by atoms with Crippen molar-refractivity contribution in [1.29, 1.82) is 0 Å². The van der Waals surface area contributed by atoms with Crippen molar-refractivity contribution in [2.75, 3.05) is 7.11 Å². The second-order valence-corrected chi connectivity index (χ2v) is 3.12. The van der Waals surface area contributed by atoms with Gasteiger partial charge in [0, 0.05) is 6.92 Å². The predicted molar refractivity (Wildman–Crippen MR) is 55.4 cm³/mol. The smallest absolute Gasteiger partial charge is 0.339 e. The van der Waals surface area contributed by atoms with Gasteiger partial charge in [-0.1, -0.05) is 6.07 Å². The molecule has 1 aromatic carbocycles. The zero-order valence-corrected chi connectivity index (χ0v) is 9.02. The number of hydrogen-bond donors (Lipinski definition) is 1. The molecule has 86 valence electrons. The Bertz CT molecular complexity index is 411. The molecule has 0 heterocycles. The summed E-state index contributed by atoms with van der Waals surface area (Å²) in [5.74, 6) is -1.21. The molecule has 5 nitrogen and oxygen atoms in total. The van der Waals surface area contributed by atoms with E-state index in [1.807, 2.05) is 0 Å². The second kappa shape index (κ2) is 5.16. The molecular formula is C11H12O5. The van der Waals surface area contributed by atoms with Crippen molar-refractivity contribution in [2.24, 2.45) is 0 Å². The molecule has 0 saturated carbocycles. The van der Waals surface area contributed by atoms with E-state index in [1.165, 1.54) is 26.2 Å². The largest absolute Gasteiger partial charge is 0.496 e. The number of carboxylic acid groups (broad SMARTS) is 1. The summed E-state index contributed by atoms with van der Waals surface area (Å²) in [5, 5.41) is 8.91. The number of carboxylic acids is 1. The maximum absolute atomic E-state index is 10.9. The molecule has 1 rings (SSSR count). The number of benzene rings is 1. The van der Waals surface area contributed by atoms with Crippen molar-refractivity contribution in [1.82, 2.24) is 0 Å². The Kier molecular flexibility index (Phi) is 3.88. The summed E-state index contributed by atoms with van der Waals surface area (Å²) in [7, 11) is 1.40. The molecule has 0 spiro atoms. The van der Waals surface area contributed by atoms with Gasteiger partial charge in [-0.3, -0.25) is 4.79 Å². The molecule has 0 amide bonds. The quantitative estimate of drug-likeness (QED) is 0.784. The average Bonchev–Trinajstić information content (AvgIpc) is 2.25. The van der Waals surface area contributed by atoms with Crippen molar-refractivity contribution in [2.45, 2.75) is 13.5 Å². The third-order valence-corrected chi connectivity index (χ3v) is 1.94. The van der Waals surface area contributed by atoms with Crippen molar-refractivity contribution < 1.29 is 24.2 Å². The highest BCUT2D eigenvalue weighted by molar-refractivity contribution is 5.91. The lowest BCUT2D eigenvalue weighted by Gasteiger charge is -2.07. The molecule has 0 bridgehead atoms. The molecule has 0 fully saturated rings. The first-order valence-electron chi connectivity index (χ1n) is 4.58. The van der Waals surface area contributed by atoms with Gasteiger partial charge in [0.25, 0.3) is 0 Å². The first-order valence-corrected chi connectivity index (χ1v) is 4.58. The van der Waals surface area contributed by atoms with E-state index in [0.29, 0.717) is 5.56 Å². The molecule has 0 saturated heterocycles. The number of hydrogen-bond acceptors (Lipinski definition) is 4. The van der Waals surface area contributed by atoms with E-state index in [2.05, 4.69) is 0 Å². The minimum absolute atomic E-state index is 0.0483. The van der Waals surface area contributed by atoms with Crippen molar-refractivity contribution in [3.63, 3.8) is 0 Å². The maximum Gasteiger partial charge on any atom is 0.339 e. The minimum atomic E-state index is -1.08. The van der Waals surface area contributed by atoms with Crippen LogP contribution < -0.4 is 4.74 Å². The number of carbonyl (C=O) groups is 2. The van der Waals surface area contributed by atoms with Gasteiger partial charge in [0.2, 0.25) is 0 Å². The van der Waals surface area contributed by atoms with Crippen LogP contribution in [0.3, 0.4) is 0 Å². The summed E-state index contributed by atoms with van der Waals surface area (Å²) in [6.07, 6.45) is 0. The van der Waals surface area contributed by atoms with Gasteiger partial charge in [0.15, 0.2) is 0 Å². The zero-order chi connectivity index (χ0) is 12.1. The Balaban J connectivity index is 2.93. The van der Waals surface area contributed by atoms with Gasteiger partial charge < -0.3 is 14.6 Å². The summed E-state index contributed by atoms with van der Waals surface area (Å²) in [6, 6.07) is 4.60. The van der Waals surface area contributed by atoms with Crippen molar-refractivity contribution >= 4 is 11.9 Å². The second-order valence-electron chi connectivity index (χ2n) is 3.12. The third-order valence-electron chi connectivity index (χ3n) is 1.94. The van der Waals surface area contributed by atoms with E-state index in [0.717, 1.165) is 0 Å². The summed E-state index contributed by atoms with van der Waals surface area (Å²) in [5.41, 5.74) is 0.653. The highest BCUT2D eigenvalue weighted by Crippen LogP contribution is 2.20. The van der Waals surface area contributed by atoms with E-state index in [1.54, 1.807) is 6.07 Å². The topological polar surface area (TPSA) is 72.8 Å². The molecule has 0 radical (unpaired) electrons. The zero-order valence-electron chi connectivity index (χ0n) is 9.02. The SMILES string of the molecule is COc1ccc(COC(C)=O)cc1C(=O)O. The van der Waals surface area contributed by atoms with E-state index >= 15 is 0 Å². The van der Waals surface area contributed by atoms with Crippen LogP contribution in [0.25, 0.3) is 0 Å². The lowest BCUT2D eigenvalue weighted by Crippen LogP contribution is -2.04. The van der Waals surface area contributed by atoms with E-state index in [-0.39, 0.29) is 17.9 Å². The molecular weight excluding hydrogens is 212 g/mol. The monoisotopic (exact) mass is 224 g/mol. The number of methoxy groups -OCH3 is 1. The number of rotatable bonds is 4. The fourth-order valence-corrected chi connectivity index (χ4v) is 1.20. The lowest BCUT2D eigenvalue weighted by atomic mass is 10.1. The van der Waals surface area contributed by atoms with Crippen LogP contribution >= 0.6 is 0 Å². The highest BCUT2D eigenvalue weighted by atomic mass is 16.5. The van der Waals surface area contributed by atoms with Gasteiger partial charge in [-0.05, 0) is 17.7 Å². The molecule has 0 aromatic heterocycles. The molecule has 0 unspecified atom stereocenters. The number of ether oxygens (including phenoxy) is 2. The predicted octanol–water partition coefficient (Wildman–Crippen LogP) is 1.46. The van der Waals surface area contributed by atoms with E-state index < -0.39 is 11.9 Å². The van der Waals surface area contributed by atoms with Gasteiger partial charge in [-0.2, -0.15) is 0 Å². The number of carbonyl (C=O) groups excluding carboxylic acids is 1. The minimum Gasteiger partial charge on any atom is -0.496 e. The summed E-state index contributed by atoms with van der Waals surface area (Å²) >= 11 is 0. The van der Waals surface area contributed by atoms with Gasteiger partial charge >= 0.3 is 11.9 Å². The molecule has 0 atom stereocenters. The maximum atomic E-state index is 10.9. The molecule has 5 heteroatoms. The van der Waals surface area contributed by atoms with Crippen LogP contribution in [0.2, 0.25) is 0 Å². The fourth-order valence-electron chi connectivity index (χ4n) is 1.20. The van der Waals surface area contributed by atoms with E-state index in [9.17, 15) is 9.59 Å². The van der Waals surface area contributed by atoms with Crippen LogP contribution in [-0.2, 0) is 16.1 Å². The average molecular weight is 224 g/mol. The lowest BCUT2D eigenvalue weighted by molar-refractivity contribution is -0.142. The Morgan fingerprint density at radius 2 is 2.06 bits per heavy atom. The van der Waals surface area contributed by atoms with Gasteiger partial charge in [-0.25, -0.2) is 4.79 Å². The standard InChI is InChI=1S/C11H12O5/c1-7(12)16-6-8-3-4-10(15-2)9(5-8)11(13)14/h3-5H,6H2,1-2H3,(H,13,14). The first kappa shape index (κ1) is 12.0. The molecule has 1 N–H and O–H groups in total. The van der Waals surface area contributed by atoms with Crippen molar-refractivity contribution in [3.8, 4) is 5.75 Å². The number of aromatic carboxylic acids is 1. The summed E-state index contributed by atoms with van der Waals surface area (Å²) in [6.45, 7) is 1.35. The van der Waals surface area contributed by atoms with Crippen molar-refractivity contribution in [3.05, 3.63) is 29.3 Å². The molecule has 0 aliphatic carbocycles. The fraction of sp³-hybridized carbons (Fsp3) is 0.273. The van der Waals surface area contributed by atoms with Gasteiger partial charge in [0.1, 0.15) is 17.9 Å². The Labute approximate surface area is 92.6 Å². The van der Waals surface area contributed by atoms with Crippen LogP contribution in [0.15, 0.2) is 18.2 Å². The number of esters is 1. The van der Waals surface area contributed by atoms with Crippen LogP contribution in [0.4, 0.5) is 0 Å². The van der Waals surface area contributed by atoms with Crippen LogP contribution in [-0.4, -0.2) is 24.2 Å². The molecule has 16 heavy (non-hydrogen) atoms. The Hall–Kier alpha value is -2.04. The van der Waals surface area contributed by atoms with Crippen LogP contribution in [0.5, 0.6) is 5.75 Å². The van der Waals surface area contributed by atoms with Gasteiger partial charge in [0.05, 0.1) is 7.11 Å². The Morgan fingerprint density at radius 3 is 2.56 bits per heavy atom. The summed E-state index contributed by atoms with van der Waals surface area (Å²) in [4.78, 5) is 21.5. The van der Waals surface area contributed by atoms with Crippen LogP contribution in [0, 0.1) is 0 Å². The van der Waals surface area contributed by atoms with E-state index in [4.69, 9.17) is 14.6 Å². The molecule has 1 aromatic rings. The Morgan fingerprint density at radius 1 is 1.38 bits per heavy atom. The van der Waals surface area contributed by atoms with Crippen LogP contribution in [0.1, 0.15) is 22.8 Å². The third kappa shape index (κ3) is 2.98. The summed E-state index contributed by atoms with van der Waals surface area (Å²) < 4.78 is 9.66. The molecule has 0 aliphatic rings. The van der Waals surface area contributed by atoms with Gasteiger partial charge in [-0.15, -0.1) is 0 Å². The normalized spacial score (nSPS) is 9.62. The highest BCUT2D eigenvalue weighted by Gasteiger charge is 2.11.